The van der Waals surface area contributed by atoms with E-state index in [9.17, 15) is 18.0 Å². The third-order valence-electron chi connectivity index (χ3n) is 7.20. The first-order valence-corrected chi connectivity index (χ1v) is 14.6. The highest BCUT2D eigenvalue weighted by Gasteiger charge is 2.31. The van der Waals surface area contributed by atoms with Gasteiger partial charge in [-0.05, 0) is 42.5 Å². The van der Waals surface area contributed by atoms with Crippen LogP contribution < -0.4 is 19.4 Å². The number of nitrogens with zero attached hydrogens (tertiary/aromatic N) is 6. The van der Waals surface area contributed by atoms with Crippen LogP contribution in [0.2, 0.25) is 5.15 Å². The summed E-state index contributed by atoms with van der Waals surface area (Å²) in [5.41, 5.74) is 0.965. The molecule has 5 rings (SSSR count). The van der Waals surface area contributed by atoms with Gasteiger partial charge in [-0.1, -0.05) is 29.4 Å². The Hall–Kier alpha value is -3.38. The van der Waals surface area contributed by atoms with Crippen LogP contribution in [-0.2, 0) is 11.0 Å². The normalized spacial score (nSPS) is 16.2. The number of alkyl halides is 3. The molecule has 0 atom stereocenters. The molecule has 0 saturated carbocycles. The molecule has 2 aliphatic rings. The van der Waals surface area contributed by atoms with Crippen molar-refractivity contribution in [3.05, 3.63) is 65.3 Å². The van der Waals surface area contributed by atoms with E-state index in [0.29, 0.717) is 42.2 Å². The zero-order valence-electron chi connectivity index (χ0n) is 22.5. The van der Waals surface area contributed by atoms with Crippen LogP contribution in [-0.4, -0.2) is 86.0 Å². The van der Waals surface area contributed by atoms with E-state index in [1.54, 1.807) is 24.1 Å². The fraction of sp³-hybridized carbons (Fsp3) is 0.393. The van der Waals surface area contributed by atoms with Crippen LogP contribution in [0, 0.1) is 0 Å². The molecule has 0 radical (unpaired) electrons. The number of hydrogen-bond acceptors (Lipinski definition) is 8. The fourth-order valence-electron chi connectivity index (χ4n) is 4.91. The van der Waals surface area contributed by atoms with Gasteiger partial charge in [-0.25, -0.2) is 9.97 Å². The topological polar surface area (TPSA) is 65.0 Å². The number of ether oxygens (including phenoxy) is 1. The second-order valence-corrected chi connectivity index (χ2v) is 11.0. The molecule has 1 aromatic heterocycles. The lowest BCUT2D eigenvalue weighted by Gasteiger charge is -2.37. The average molecular weight is 607 g/mol. The van der Waals surface area contributed by atoms with Crippen molar-refractivity contribution in [2.45, 2.75) is 11.3 Å². The summed E-state index contributed by atoms with van der Waals surface area (Å²) in [6, 6.07) is 15.0. The summed E-state index contributed by atoms with van der Waals surface area (Å²) >= 11 is 7.55. The third kappa shape index (κ3) is 7.28. The number of benzene rings is 2. The molecule has 2 aliphatic heterocycles. The maximum atomic E-state index is 13.1. The molecule has 2 fully saturated rings. The van der Waals surface area contributed by atoms with E-state index in [2.05, 4.69) is 19.8 Å². The number of thioether (sulfide) groups is 1. The van der Waals surface area contributed by atoms with Gasteiger partial charge in [-0.2, -0.15) is 13.2 Å². The molecule has 2 saturated heterocycles. The first-order valence-electron chi connectivity index (χ1n) is 13.2. The van der Waals surface area contributed by atoms with Crippen molar-refractivity contribution in [3.63, 3.8) is 0 Å². The second-order valence-electron chi connectivity index (χ2n) is 9.71. The van der Waals surface area contributed by atoms with Crippen molar-refractivity contribution >= 4 is 46.5 Å². The Balaban J connectivity index is 1.12. The van der Waals surface area contributed by atoms with Gasteiger partial charge in [0.25, 0.3) is 0 Å². The van der Waals surface area contributed by atoms with Gasteiger partial charge in [0.2, 0.25) is 5.91 Å². The lowest BCUT2D eigenvalue weighted by molar-refractivity contribution is -0.137. The molecule has 0 aliphatic carbocycles. The summed E-state index contributed by atoms with van der Waals surface area (Å²) in [6.45, 7) is 4.93. The zero-order chi connectivity index (χ0) is 29.0. The lowest BCUT2D eigenvalue weighted by Crippen LogP contribution is -2.49. The average Bonchev–Trinajstić information content (AvgIpc) is 2.99. The van der Waals surface area contributed by atoms with E-state index < -0.39 is 11.7 Å². The molecule has 0 N–H and O–H groups in total. The number of methoxy groups -OCH3 is 1. The van der Waals surface area contributed by atoms with Crippen LogP contribution >= 0.6 is 23.4 Å². The predicted octanol–water partition coefficient (Wildman–Crippen LogP) is 4.92. The minimum absolute atomic E-state index is 0.0723. The van der Waals surface area contributed by atoms with E-state index in [0.717, 1.165) is 55.6 Å². The third-order valence-corrected chi connectivity index (χ3v) is 8.22. The molecule has 1 amide bonds. The molecule has 3 aromatic rings. The molecule has 0 bridgehead atoms. The van der Waals surface area contributed by atoms with E-state index in [1.807, 2.05) is 29.2 Å². The summed E-state index contributed by atoms with van der Waals surface area (Å²) < 4.78 is 44.5. The number of amides is 1. The Morgan fingerprint density at radius 2 is 1.51 bits per heavy atom. The van der Waals surface area contributed by atoms with Gasteiger partial charge in [-0.3, -0.25) is 4.79 Å². The first-order chi connectivity index (χ1) is 19.7. The number of piperazine rings is 2. The summed E-state index contributed by atoms with van der Waals surface area (Å²) in [4.78, 5) is 29.9. The van der Waals surface area contributed by atoms with Gasteiger partial charge in [-0.15, -0.1) is 0 Å². The van der Waals surface area contributed by atoms with Crippen LogP contribution in [0.5, 0.6) is 5.75 Å². The van der Waals surface area contributed by atoms with Gasteiger partial charge in [0, 0.05) is 69.8 Å². The van der Waals surface area contributed by atoms with Gasteiger partial charge in [0.1, 0.15) is 16.7 Å². The molecule has 0 spiro atoms. The van der Waals surface area contributed by atoms with Gasteiger partial charge in [0.15, 0.2) is 5.16 Å². The van der Waals surface area contributed by atoms with E-state index >= 15 is 0 Å². The second kappa shape index (κ2) is 12.6. The van der Waals surface area contributed by atoms with Crippen molar-refractivity contribution in [2.24, 2.45) is 0 Å². The van der Waals surface area contributed by atoms with Gasteiger partial charge >= 0.3 is 6.18 Å². The number of carbonyl (C=O) groups excluding carboxylic acids is 1. The van der Waals surface area contributed by atoms with E-state index in [4.69, 9.17) is 16.3 Å². The molecular formula is C28H30ClF3N6O2S. The Kier molecular flexibility index (Phi) is 8.98. The summed E-state index contributed by atoms with van der Waals surface area (Å²) in [5.74, 6) is 1.62. The van der Waals surface area contributed by atoms with Crippen molar-refractivity contribution < 1.29 is 22.7 Å². The predicted molar refractivity (Wildman–Crippen MR) is 155 cm³/mol. The van der Waals surface area contributed by atoms with Crippen molar-refractivity contribution in [2.75, 3.05) is 79.9 Å². The molecule has 0 unspecified atom stereocenters. The maximum Gasteiger partial charge on any atom is 0.416 e. The number of halogens is 4. The number of carbonyl (C=O) groups is 1. The summed E-state index contributed by atoms with van der Waals surface area (Å²) in [7, 11) is 1.65. The summed E-state index contributed by atoms with van der Waals surface area (Å²) in [6.07, 6.45) is -4.39. The maximum absolute atomic E-state index is 13.1. The Morgan fingerprint density at radius 1 is 0.878 bits per heavy atom. The number of hydrogen-bond donors (Lipinski definition) is 0. The Morgan fingerprint density at radius 3 is 2.17 bits per heavy atom. The van der Waals surface area contributed by atoms with Crippen LogP contribution in [0.4, 0.5) is 30.4 Å². The quantitative estimate of drug-likeness (QED) is 0.213. The standard InChI is InChI=1S/C28H30ClF3N6O2S/c1-40-23-7-5-21(6-8-23)35-9-13-37(14-10-35)25-18-24(29)33-27(34-25)41-19-26(39)38-15-11-36(12-16-38)22-4-2-3-20(17-22)28(30,31)32/h2-8,17-18H,9-16,19H2,1H3. The smallest absolute Gasteiger partial charge is 0.416 e. The Labute approximate surface area is 246 Å². The molecule has 2 aromatic carbocycles. The first kappa shape index (κ1) is 29.1. The number of anilines is 3. The lowest BCUT2D eigenvalue weighted by atomic mass is 10.1. The highest BCUT2D eigenvalue weighted by Crippen LogP contribution is 2.32. The fourth-order valence-corrected chi connectivity index (χ4v) is 5.89. The number of rotatable bonds is 7. The van der Waals surface area contributed by atoms with E-state index in [1.165, 1.54) is 17.8 Å². The minimum Gasteiger partial charge on any atom is -0.497 e. The highest BCUT2D eigenvalue weighted by atomic mass is 35.5. The van der Waals surface area contributed by atoms with Crippen molar-refractivity contribution in [1.29, 1.82) is 0 Å². The molecular weight excluding hydrogens is 577 g/mol. The zero-order valence-corrected chi connectivity index (χ0v) is 24.1. The van der Waals surface area contributed by atoms with Gasteiger partial charge < -0.3 is 24.3 Å². The monoisotopic (exact) mass is 606 g/mol. The van der Waals surface area contributed by atoms with Crippen molar-refractivity contribution in [3.8, 4) is 5.75 Å². The SMILES string of the molecule is COc1ccc(N2CCN(c3cc(Cl)nc(SCC(=O)N4CCN(c5cccc(C(F)(F)F)c5)CC4)n3)CC2)cc1. The van der Waals surface area contributed by atoms with Crippen LogP contribution in [0.3, 0.4) is 0 Å². The molecule has 8 nitrogen and oxygen atoms in total. The van der Waals surface area contributed by atoms with E-state index in [-0.39, 0.29) is 11.7 Å². The molecule has 13 heteroatoms. The molecule has 3 heterocycles. The summed E-state index contributed by atoms with van der Waals surface area (Å²) in [5, 5.41) is 0.748. The van der Waals surface area contributed by atoms with Crippen LogP contribution in [0.25, 0.3) is 0 Å². The molecule has 218 valence electrons. The largest absolute Gasteiger partial charge is 0.497 e. The minimum atomic E-state index is -4.39. The van der Waals surface area contributed by atoms with Crippen molar-refractivity contribution in [1.82, 2.24) is 14.9 Å². The molecule has 41 heavy (non-hydrogen) atoms. The highest BCUT2D eigenvalue weighted by molar-refractivity contribution is 7.99. The van der Waals surface area contributed by atoms with Crippen LogP contribution in [0.15, 0.2) is 59.8 Å². The van der Waals surface area contributed by atoms with Gasteiger partial charge in [0.05, 0.1) is 18.4 Å². The Bertz CT molecular complexity index is 1350. The van der Waals surface area contributed by atoms with Crippen LogP contribution in [0.1, 0.15) is 5.56 Å². The number of aromatic nitrogens is 2.